The Hall–Kier alpha value is -1.85. The summed E-state index contributed by atoms with van der Waals surface area (Å²) in [5, 5.41) is 0. The third-order valence-electron chi connectivity index (χ3n) is 15.3. The minimum absolute atomic E-state index is 0.0629. The molecule has 0 aromatic carbocycles. The first-order valence-electron chi connectivity index (χ1n) is 33.2. The highest BCUT2D eigenvalue weighted by atomic mass is 16.6. The van der Waals surface area contributed by atoms with Gasteiger partial charge in [-0.15, -0.1) is 0 Å². The molecule has 0 aliphatic heterocycles. The lowest BCUT2D eigenvalue weighted by Gasteiger charge is -2.18. The van der Waals surface area contributed by atoms with E-state index in [0.717, 1.165) is 57.8 Å². The molecule has 1 atom stereocenters. The Morgan fingerprint density at radius 1 is 0.260 bits per heavy atom. The number of rotatable bonds is 62. The Balaban J connectivity index is 3.87. The Bertz CT molecular complexity index is 1130. The van der Waals surface area contributed by atoms with E-state index in [4.69, 9.17) is 14.2 Å². The first kappa shape index (κ1) is 71.2. The highest BCUT2D eigenvalue weighted by molar-refractivity contribution is 5.71. The van der Waals surface area contributed by atoms with Crippen molar-refractivity contribution >= 4 is 17.9 Å². The van der Waals surface area contributed by atoms with Crippen LogP contribution in [0.3, 0.4) is 0 Å². The van der Waals surface area contributed by atoms with Gasteiger partial charge in [0, 0.05) is 19.3 Å². The van der Waals surface area contributed by atoms with E-state index < -0.39 is 6.10 Å². The van der Waals surface area contributed by atoms with Crippen LogP contribution >= 0.6 is 0 Å². The Morgan fingerprint density at radius 3 is 0.685 bits per heavy atom. The fourth-order valence-electron chi connectivity index (χ4n) is 10.3. The zero-order chi connectivity index (χ0) is 52.9. The topological polar surface area (TPSA) is 78.9 Å². The van der Waals surface area contributed by atoms with Crippen LogP contribution in [0.2, 0.25) is 0 Å². The number of carbonyl (C=O) groups is 3. The van der Waals surface area contributed by atoms with Gasteiger partial charge in [0.15, 0.2) is 6.10 Å². The molecular formula is C67H128O6. The highest BCUT2D eigenvalue weighted by Crippen LogP contribution is 2.18. The average Bonchev–Trinajstić information content (AvgIpc) is 3.39. The number of unbranched alkanes of at least 4 members (excludes halogenated alkanes) is 49. The minimum Gasteiger partial charge on any atom is -0.462 e. The summed E-state index contributed by atoms with van der Waals surface area (Å²) >= 11 is 0. The second-order valence-corrected chi connectivity index (χ2v) is 22.7. The molecule has 6 heteroatoms. The summed E-state index contributed by atoms with van der Waals surface area (Å²) in [7, 11) is 0. The maximum Gasteiger partial charge on any atom is 0.306 e. The second kappa shape index (κ2) is 62.7. The zero-order valence-corrected chi connectivity index (χ0v) is 49.7. The molecule has 6 nitrogen and oxygen atoms in total. The molecular weight excluding hydrogens is 901 g/mol. The summed E-state index contributed by atoms with van der Waals surface area (Å²) in [6.07, 6.45) is 74.2. The molecule has 0 bridgehead atoms. The standard InChI is InChI=1S/C67H128O6/c1-4-7-10-13-16-19-21-23-24-25-26-27-28-29-30-31-32-33-34-35-36-37-38-39-40-41-42-43-44-45-47-48-51-54-57-60-66(69)72-63-64(62-71-65(68)59-56-53-50-18-15-12-9-6-3)73-67(70)61-58-55-52-49-46-22-20-17-14-11-8-5-2/h25-26,64H,4-24,27-63H2,1-3H3/b26-25-. The normalized spacial score (nSPS) is 12.0. The van der Waals surface area contributed by atoms with Crippen LogP contribution in [0.4, 0.5) is 0 Å². The molecule has 0 aliphatic carbocycles. The van der Waals surface area contributed by atoms with Gasteiger partial charge in [0.2, 0.25) is 0 Å². The smallest absolute Gasteiger partial charge is 0.306 e. The summed E-state index contributed by atoms with van der Waals surface area (Å²) in [6, 6.07) is 0. The van der Waals surface area contributed by atoms with Gasteiger partial charge in [-0.25, -0.2) is 0 Å². The number of esters is 3. The summed E-state index contributed by atoms with van der Waals surface area (Å²) in [6.45, 7) is 6.66. The fourth-order valence-corrected chi connectivity index (χ4v) is 10.3. The average molecular weight is 1030 g/mol. The fraction of sp³-hybridized carbons (Fsp3) is 0.925. The lowest BCUT2D eigenvalue weighted by Crippen LogP contribution is -2.30. The van der Waals surface area contributed by atoms with Gasteiger partial charge in [-0.3, -0.25) is 14.4 Å². The first-order valence-corrected chi connectivity index (χ1v) is 33.2. The molecule has 0 saturated carbocycles. The quantitative estimate of drug-likeness (QED) is 0.0261. The van der Waals surface area contributed by atoms with Crippen molar-refractivity contribution in [2.75, 3.05) is 13.2 Å². The van der Waals surface area contributed by atoms with Gasteiger partial charge in [-0.1, -0.05) is 328 Å². The molecule has 1 unspecified atom stereocenters. The Labute approximate surface area is 456 Å². The van der Waals surface area contributed by atoms with Gasteiger partial charge < -0.3 is 14.2 Å². The number of hydrogen-bond acceptors (Lipinski definition) is 6. The van der Waals surface area contributed by atoms with Crippen molar-refractivity contribution in [2.45, 2.75) is 386 Å². The summed E-state index contributed by atoms with van der Waals surface area (Å²) in [5.41, 5.74) is 0. The van der Waals surface area contributed by atoms with E-state index in [2.05, 4.69) is 32.9 Å². The molecule has 0 spiro atoms. The number of ether oxygens (including phenoxy) is 3. The van der Waals surface area contributed by atoms with Gasteiger partial charge in [-0.2, -0.15) is 0 Å². The van der Waals surface area contributed by atoms with Gasteiger partial charge in [0.25, 0.3) is 0 Å². The van der Waals surface area contributed by atoms with Crippen molar-refractivity contribution in [3.05, 3.63) is 12.2 Å². The summed E-state index contributed by atoms with van der Waals surface area (Å²) in [5.74, 6) is -0.843. The van der Waals surface area contributed by atoms with Crippen LogP contribution < -0.4 is 0 Å². The van der Waals surface area contributed by atoms with Crippen molar-refractivity contribution in [1.82, 2.24) is 0 Å². The highest BCUT2D eigenvalue weighted by Gasteiger charge is 2.19. The van der Waals surface area contributed by atoms with Gasteiger partial charge >= 0.3 is 17.9 Å². The molecule has 0 aromatic rings. The molecule has 0 N–H and O–H groups in total. The first-order chi connectivity index (χ1) is 36.0. The van der Waals surface area contributed by atoms with E-state index in [1.165, 1.54) is 283 Å². The third kappa shape index (κ3) is 60.9. The molecule has 432 valence electrons. The molecule has 0 aliphatic rings. The predicted molar refractivity (Wildman–Crippen MR) is 317 cm³/mol. The van der Waals surface area contributed by atoms with E-state index in [1.54, 1.807) is 0 Å². The summed E-state index contributed by atoms with van der Waals surface area (Å²) < 4.78 is 16.8. The van der Waals surface area contributed by atoms with E-state index in [1.807, 2.05) is 0 Å². The van der Waals surface area contributed by atoms with Gasteiger partial charge in [0.05, 0.1) is 0 Å². The molecule has 73 heavy (non-hydrogen) atoms. The Morgan fingerprint density at radius 2 is 0.452 bits per heavy atom. The van der Waals surface area contributed by atoms with Crippen LogP contribution in [0.1, 0.15) is 380 Å². The maximum absolute atomic E-state index is 12.8. The predicted octanol–water partition coefficient (Wildman–Crippen LogP) is 22.4. The zero-order valence-electron chi connectivity index (χ0n) is 49.7. The van der Waals surface area contributed by atoms with Gasteiger partial charge in [0.1, 0.15) is 13.2 Å². The monoisotopic (exact) mass is 1030 g/mol. The van der Waals surface area contributed by atoms with Gasteiger partial charge in [-0.05, 0) is 44.9 Å². The molecule has 0 rings (SSSR count). The number of allylic oxidation sites excluding steroid dienone is 2. The minimum atomic E-state index is -0.761. The molecule has 0 amide bonds. The molecule has 0 saturated heterocycles. The third-order valence-corrected chi connectivity index (χ3v) is 15.3. The van der Waals surface area contributed by atoms with Crippen molar-refractivity contribution in [2.24, 2.45) is 0 Å². The van der Waals surface area contributed by atoms with Crippen molar-refractivity contribution in [3.63, 3.8) is 0 Å². The molecule has 0 heterocycles. The van der Waals surface area contributed by atoms with E-state index in [9.17, 15) is 14.4 Å². The van der Waals surface area contributed by atoms with Crippen LogP contribution in [0.5, 0.6) is 0 Å². The summed E-state index contributed by atoms with van der Waals surface area (Å²) in [4.78, 5) is 38.0. The molecule has 0 radical (unpaired) electrons. The SMILES string of the molecule is CCCCCCCCCC/C=C\CCCCCCCCCCCCCCCCCCCCCCCCCC(=O)OCC(COC(=O)CCCCCCCCCC)OC(=O)CCCCCCCCCCCCCC. The lowest BCUT2D eigenvalue weighted by atomic mass is 10.0. The van der Waals surface area contributed by atoms with Crippen LogP contribution in [-0.2, 0) is 28.6 Å². The van der Waals surface area contributed by atoms with E-state index in [0.29, 0.717) is 19.3 Å². The largest absolute Gasteiger partial charge is 0.462 e. The van der Waals surface area contributed by atoms with Crippen molar-refractivity contribution in [1.29, 1.82) is 0 Å². The number of hydrogen-bond donors (Lipinski definition) is 0. The molecule has 0 fully saturated rings. The van der Waals surface area contributed by atoms with E-state index in [-0.39, 0.29) is 31.1 Å². The molecule has 0 aromatic heterocycles. The van der Waals surface area contributed by atoms with Crippen LogP contribution in [0.25, 0.3) is 0 Å². The van der Waals surface area contributed by atoms with Crippen molar-refractivity contribution < 1.29 is 28.6 Å². The lowest BCUT2D eigenvalue weighted by molar-refractivity contribution is -0.167. The van der Waals surface area contributed by atoms with Crippen LogP contribution in [0.15, 0.2) is 12.2 Å². The number of carbonyl (C=O) groups excluding carboxylic acids is 3. The Kier molecular flexibility index (Phi) is 61.1. The van der Waals surface area contributed by atoms with Crippen LogP contribution in [0, 0.1) is 0 Å². The van der Waals surface area contributed by atoms with Crippen molar-refractivity contribution in [3.8, 4) is 0 Å². The second-order valence-electron chi connectivity index (χ2n) is 22.7. The van der Waals surface area contributed by atoms with E-state index >= 15 is 0 Å². The maximum atomic E-state index is 12.8. The van der Waals surface area contributed by atoms with Crippen LogP contribution in [-0.4, -0.2) is 37.2 Å².